The summed E-state index contributed by atoms with van der Waals surface area (Å²) in [5.74, 6) is 2.18. The van der Waals surface area contributed by atoms with Crippen molar-refractivity contribution in [3.8, 4) is 0 Å². The minimum atomic E-state index is -0.485. The second-order valence-corrected chi connectivity index (χ2v) is 12.4. The molecule has 2 aromatic heterocycles. The number of azide groups is 1. The van der Waals surface area contributed by atoms with Gasteiger partial charge in [0.15, 0.2) is 5.82 Å². The molecule has 3 aromatic carbocycles. The molecule has 0 aliphatic heterocycles. The lowest BCUT2D eigenvalue weighted by atomic mass is 10.1. The quantitative estimate of drug-likeness (QED) is 0.0363. The highest BCUT2D eigenvalue weighted by Crippen LogP contribution is 2.30. The molecule has 1 amide bonds. The number of unbranched alkanes of at least 4 members (excludes halogenated alkanes) is 1. The van der Waals surface area contributed by atoms with Crippen LogP contribution in [0.3, 0.4) is 0 Å². The van der Waals surface area contributed by atoms with E-state index in [9.17, 15) is 9.59 Å². The van der Waals surface area contributed by atoms with E-state index in [1.807, 2.05) is 54.6 Å². The summed E-state index contributed by atoms with van der Waals surface area (Å²) in [5, 5.41) is 7.16. The molecule has 242 valence electrons. The zero-order valence-corrected chi connectivity index (χ0v) is 27.2. The van der Waals surface area contributed by atoms with Gasteiger partial charge in [-0.3, -0.25) is 4.79 Å². The van der Waals surface area contributed by atoms with E-state index in [-0.39, 0.29) is 18.9 Å². The van der Waals surface area contributed by atoms with Gasteiger partial charge >= 0.3 is 6.09 Å². The summed E-state index contributed by atoms with van der Waals surface area (Å²) in [6, 6.07) is 24.0. The molecule has 0 radical (unpaired) electrons. The minimum Gasteiger partial charge on any atom is -0.445 e. The number of carbonyl (C=O) groups is 2. The fourth-order valence-corrected chi connectivity index (χ4v) is 6.10. The van der Waals surface area contributed by atoms with E-state index >= 15 is 0 Å². The number of benzene rings is 3. The van der Waals surface area contributed by atoms with Crippen molar-refractivity contribution in [2.75, 3.05) is 18.0 Å². The standard InChI is InChI=1S/C35H38N8O3S/c1-2-3-10-31-41-32-33(29-8-4-5-9-30(29)40-34(32)36)43(31)22-25-13-11-24(12-14-25)20-38-35(45)46-23-26-15-17-28(18-16-26)47-19-6-7-27(44)21-39-42-37/h4-5,8-9,11-18H,2-3,6-7,10,19-23H2,1H3,(H2,36,40)(H,38,45). The van der Waals surface area contributed by atoms with Gasteiger partial charge in [0.25, 0.3) is 0 Å². The van der Waals surface area contributed by atoms with E-state index in [0.29, 0.717) is 31.7 Å². The molecule has 3 N–H and O–H groups in total. The van der Waals surface area contributed by atoms with Crippen molar-refractivity contribution in [2.24, 2.45) is 5.11 Å². The van der Waals surface area contributed by atoms with Gasteiger partial charge in [0, 0.05) is 41.1 Å². The van der Waals surface area contributed by atoms with Crippen molar-refractivity contribution in [1.82, 2.24) is 19.9 Å². The lowest BCUT2D eigenvalue weighted by Crippen LogP contribution is -2.23. The number of rotatable bonds is 16. The molecule has 0 saturated carbocycles. The summed E-state index contributed by atoms with van der Waals surface area (Å²) in [6.07, 6.45) is 3.59. The van der Waals surface area contributed by atoms with Gasteiger partial charge in [-0.25, -0.2) is 14.8 Å². The molecule has 12 heteroatoms. The number of fused-ring (bicyclic) bond motifs is 3. The van der Waals surface area contributed by atoms with Crippen LogP contribution in [0.5, 0.6) is 0 Å². The first kappa shape index (κ1) is 33.3. The first-order valence-corrected chi connectivity index (χ1v) is 16.7. The molecule has 2 heterocycles. The van der Waals surface area contributed by atoms with E-state index in [1.54, 1.807) is 11.8 Å². The number of aromatic nitrogens is 3. The van der Waals surface area contributed by atoms with Crippen molar-refractivity contribution >= 4 is 51.4 Å². The molecular formula is C35H38N8O3S. The van der Waals surface area contributed by atoms with Crippen LogP contribution in [0, 0.1) is 0 Å². The number of nitrogens with one attached hydrogen (secondary N) is 1. The van der Waals surface area contributed by atoms with Crippen LogP contribution in [-0.4, -0.2) is 38.7 Å². The first-order chi connectivity index (χ1) is 22.9. The molecular weight excluding hydrogens is 613 g/mol. The predicted octanol–water partition coefficient (Wildman–Crippen LogP) is 7.74. The van der Waals surface area contributed by atoms with Crippen molar-refractivity contribution in [3.05, 3.63) is 106 Å². The Kier molecular flexibility index (Phi) is 11.7. The number of ether oxygens (including phenoxy) is 1. The van der Waals surface area contributed by atoms with E-state index < -0.39 is 6.09 Å². The summed E-state index contributed by atoms with van der Waals surface area (Å²) >= 11 is 1.64. The normalized spacial score (nSPS) is 11.0. The van der Waals surface area contributed by atoms with Gasteiger partial charge in [0.2, 0.25) is 0 Å². The summed E-state index contributed by atoms with van der Waals surface area (Å²) in [6.45, 7) is 3.25. The van der Waals surface area contributed by atoms with Crippen LogP contribution >= 0.6 is 11.8 Å². The monoisotopic (exact) mass is 650 g/mol. The molecule has 11 nitrogen and oxygen atoms in total. The molecule has 47 heavy (non-hydrogen) atoms. The molecule has 0 saturated heterocycles. The lowest BCUT2D eigenvalue weighted by molar-refractivity contribution is -0.117. The zero-order chi connectivity index (χ0) is 33.0. The van der Waals surface area contributed by atoms with Crippen LogP contribution in [0.1, 0.15) is 55.1 Å². The predicted molar refractivity (Wildman–Crippen MR) is 186 cm³/mol. The number of alkyl carbamates (subject to hydrolysis) is 1. The molecule has 0 aliphatic carbocycles. The first-order valence-electron chi connectivity index (χ1n) is 15.7. The van der Waals surface area contributed by atoms with Crippen LogP contribution in [0.2, 0.25) is 0 Å². The highest BCUT2D eigenvalue weighted by molar-refractivity contribution is 7.99. The smallest absolute Gasteiger partial charge is 0.407 e. The van der Waals surface area contributed by atoms with Gasteiger partial charge in [0.05, 0.1) is 17.6 Å². The Morgan fingerprint density at radius 1 is 1.00 bits per heavy atom. The van der Waals surface area contributed by atoms with Crippen LogP contribution in [-0.2, 0) is 35.6 Å². The third-order valence-corrected chi connectivity index (χ3v) is 8.81. The maximum Gasteiger partial charge on any atom is 0.407 e. The number of Topliss-reactive ketones (excluding diaryl/α,β-unsaturated/α-hetero) is 1. The molecule has 0 atom stereocenters. The average Bonchev–Trinajstić information content (AvgIpc) is 3.46. The molecule has 0 bridgehead atoms. The largest absolute Gasteiger partial charge is 0.445 e. The number of aryl methyl sites for hydroxylation is 1. The van der Waals surface area contributed by atoms with Crippen LogP contribution < -0.4 is 11.1 Å². The fraction of sp³-hybridized carbons (Fsp3) is 0.314. The van der Waals surface area contributed by atoms with Gasteiger partial charge in [0.1, 0.15) is 23.7 Å². The highest BCUT2D eigenvalue weighted by atomic mass is 32.2. The Balaban J connectivity index is 1.12. The highest BCUT2D eigenvalue weighted by Gasteiger charge is 2.17. The third-order valence-electron chi connectivity index (χ3n) is 7.72. The average molecular weight is 651 g/mol. The molecule has 0 spiro atoms. The van der Waals surface area contributed by atoms with Crippen molar-refractivity contribution < 1.29 is 14.3 Å². The maximum absolute atomic E-state index is 12.4. The number of pyridine rings is 1. The number of hydrogen-bond donors (Lipinski definition) is 2. The van der Waals surface area contributed by atoms with Gasteiger partial charge in [-0.2, -0.15) is 0 Å². The number of nitrogens with zero attached hydrogens (tertiary/aromatic N) is 6. The third kappa shape index (κ3) is 9.02. The van der Waals surface area contributed by atoms with Crippen LogP contribution in [0.25, 0.3) is 32.4 Å². The number of para-hydroxylation sites is 1. The topological polar surface area (TPSA) is 161 Å². The zero-order valence-electron chi connectivity index (χ0n) is 26.4. The number of ketones is 1. The van der Waals surface area contributed by atoms with Crippen molar-refractivity contribution in [2.45, 2.75) is 63.6 Å². The number of imidazole rings is 1. The molecule has 0 aliphatic rings. The molecule has 5 rings (SSSR count). The van der Waals surface area contributed by atoms with Gasteiger partial charge in [-0.05, 0) is 59.0 Å². The van der Waals surface area contributed by atoms with Crippen LogP contribution in [0.4, 0.5) is 10.6 Å². The molecule has 0 unspecified atom stereocenters. The summed E-state index contributed by atoms with van der Waals surface area (Å²) in [4.78, 5) is 37.1. The van der Waals surface area contributed by atoms with E-state index in [1.165, 1.54) is 0 Å². The minimum absolute atomic E-state index is 0.0553. The number of anilines is 1. The Morgan fingerprint density at radius 3 is 2.51 bits per heavy atom. The number of amides is 1. The Bertz CT molecular complexity index is 1880. The van der Waals surface area contributed by atoms with Gasteiger partial charge in [-0.1, -0.05) is 73.1 Å². The molecule has 0 fully saturated rings. The Labute approximate surface area is 277 Å². The summed E-state index contributed by atoms with van der Waals surface area (Å²) in [7, 11) is 0. The number of nitrogens with two attached hydrogens (primary N) is 1. The molecule has 5 aromatic rings. The lowest BCUT2D eigenvalue weighted by Gasteiger charge is -2.12. The summed E-state index contributed by atoms with van der Waals surface area (Å²) < 4.78 is 7.68. The van der Waals surface area contributed by atoms with E-state index in [4.69, 9.17) is 21.0 Å². The van der Waals surface area contributed by atoms with Crippen LogP contribution in [0.15, 0.2) is 82.8 Å². The van der Waals surface area contributed by atoms with Crippen molar-refractivity contribution in [3.63, 3.8) is 0 Å². The van der Waals surface area contributed by atoms with Gasteiger partial charge < -0.3 is 20.4 Å². The summed E-state index contributed by atoms with van der Waals surface area (Å²) in [5.41, 5.74) is 20.2. The van der Waals surface area contributed by atoms with E-state index in [2.05, 4.69) is 50.0 Å². The fourth-order valence-electron chi connectivity index (χ4n) is 5.25. The number of thioether (sulfide) groups is 1. The van der Waals surface area contributed by atoms with Crippen molar-refractivity contribution in [1.29, 1.82) is 0 Å². The van der Waals surface area contributed by atoms with E-state index in [0.717, 1.165) is 74.4 Å². The van der Waals surface area contributed by atoms with Gasteiger partial charge in [-0.15, -0.1) is 11.8 Å². The Morgan fingerprint density at radius 2 is 1.74 bits per heavy atom. The maximum atomic E-state index is 12.4. The number of nitrogen functional groups attached to an aromatic ring is 1. The second kappa shape index (κ2) is 16.5. The second-order valence-electron chi connectivity index (χ2n) is 11.2. The SMILES string of the molecule is CCCCc1nc2c(N)nc3ccccc3c2n1Cc1ccc(CNC(=O)OCc2ccc(SCCCC(=O)CN=[N+]=[N-])cc2)cc1. The number of carbonyl (C=O) groups excluding carboxylic acids is 2. The number of hydrogen-bond acceptors (Lipinski definition) is 8. The Hall–Kier alpha value is -5.06.